The quantitative estimate of drug-likeness (QED) is 0.790. The van der Waals surface area contributed by atoms with E-state index in [-0.39, 0.29) is 10.8 Å². The first-order valence-electron chi connectivity index (χ1n) is 5.25. The highest BCUT2D eigenvalue weighted by Gasteiger charge is 2.11. The number of methoxy groups -OCH3 is 1. The van der Waals surface area contributed by atoms with E-state index >= 15 is 0 Å². The number of ketones is 1. The second kappa shape index (κ2) is 5.19. The molecule has 0 fully saturated rings. The van der Waals surface area contributed by atoms with Gasteiger partial charge in [0.2, 0.25) is 0 Å². The molecule has 2 aromatic rings. The smallest absolute Gasteiger partial charge is 0.193 e. The largest absolute Gasteiger partial charge is 0.497 e. The lowest BCUT2D eigenvalue weighted by Gasteiger charge is -2.04. The van der Waals surface area contributed by atoms with Crippen molar-refractivity contribution in [3.8, 4) is 5.75 Å². The maximum atomic E-state index is 13.0. The van der Waals surface area contributed by atoms with Crippen LogP contribution in [0.4, 0.5) is 4.39 Å². The predicted octanol–water partition coefficient (Wildman–Crippen LogP) is 3.72. The topological polar surface area (TPSA) is 26.3 Å². The summed E-state index contributed by atoms with van der Waals surface area (Å²) < 4.78 is 18.0. The Morgan fingerprint density at radius 1 is 1.11 bits per heavy atom. The van der Waals surface area contributed by atoms with Crippen molar-refractivity contribution in [3.05, 3.63) is 64.4 Å². The van der Waals surface area contributed by atoms with Gasteiger partial charge < -0.3 is 4.74 Å². The van der Waals surface area contributed by atoms with Gasteiger partial charge in [-0.3, -0.25) is 4.79 Å². The molecular formula is C14H10ClFO2. The first-order valence-corrected chi connectivity index (χ1v) is 5.63. The Morgan fingerprint density at radius 2 is 1.72 bits per heavy atom. The molecule has 0 aliphatic heterocycles. The zero-order chi connectivity index (χ0) is 13.1. The number of carbonyl (C=O) groups is 1. The molecule has 0 saturated heterocycles. The summed E-state index contributed by atoms with van der Waals surface area (Å²) in [5.74, 6) is -0.0776. The number of ether oxygens (including phenoxy) is 1. The van der Waals surface area contributed by atoms with Gasteiger partial charge in [-0.2, -0.15) is 0 Å². The van der Waals surface area contributed by atoms with Gasteiger partial charge in [-0.1, -0.05) is 11.6 Å². The van der Waals surface area contributed by atoms with Crippen molar-refractivity contribution >= 4 is 17.4 Å². The highest BCUT2D eigenvalue weighted by Crippen LogP contribution is 2.19. The monoisotopic (exact) mass is 264 g/mol. The second-order valence-electron chi connectivity index (χ2n) is 3.69. The standard InChI is InChI=1S/C14H10ClFO2/c1-18-11-5-2-9(3-6-11)14(17)10-4-7-13(16)12(15)8-10/h2-8H,1H3. The van der Waals surface area contributed by atoms with Crippen LogP contribution >= 0.6 is 11.6 Å². The Morgan fingerprint density at radius 3 is 2.28 bits per heavy atom. The summed E-state index contributed by atoms with van der Waals surface area (Å²) in [5, 5.41) is -0.0608. The van der Waals surface area contributed by atoms with Gasteiger partial charge in [0.15, 0.2) is 5.78 Å². The third-order valence-corrected chi connectivity index (χ3v) is 2.82. The summed E-state index contributed by atoms with van der Waals surface area (Å²) in [6.45, 7) is 0. The minimum absolute atomic E-state index is 0.0608. The molecule has 2 rings (SSSR count). The van der Waals surface area contributed by atoms with Gasteiger partial charge in [0.25, 0.3) is 0 Å². The summed E-state index contributed by atoms with van der Waals surface area (Å²) in [4.78, 5) is 12.1. The molecule has 0 N–H and O–H groups in total. The zero-order valence-corrected chi connectivity index (χ0v) is 10.4. The van der Waals surface area contributed by atoms with E-state index < -0.39 is 5.82 Å². The van der Waals surface area contributed by atoms with Gasteiger partial charge in [0, 0.05) is 11.1 Å². The van der Waals surface area contributed by atoms with Gasteiger partial charge in [0.1, 0.15) is 11.6 Å². The van der Waals surface area contributed by atoms with Gasteiger partial charge >= 0.3 is 0 Å². The van der Waals surface area contributed by atoms with Crippen LogP contribution in [0.15, 0.2) is 42.5 Å². The number of rotatable bonds is 3. The van der Waals surface area contributed by atoms with Crippen LogP contribution in [0.1, 0.15) is 15.9 Å². The lowest BCUT2D eigenvalue weighted by Crippen LogP contribution is -2.01. The van der Waals surface area contributed by atoms with E-state index in [4.69, 9.17) is 16.3 Å². The molecule has 18 heavy (non-hydrogen) atoms. The molecule has 0 aromatic heterocycles. The molecule has 0 amide bonds. The van der Waals surface area contributed by atoms with Crippen molar-refractivity contribution in [2.45, 2.75) is 0 Å². The molecule has 0 aliphatic carbocycles. The maximum Gasteiger partial charge on any atom is 0.193 e. The molecule has 2 aromatic carbocycles. The number of benzene rings is 2. The first kappa shape index (κ1) is 12.6. The van der Waals surface area contributed by atoms with E-state index in [0.717, 1.165) is 0 Å². The van der Waals surface area contributed by atoms with Crippen LogP contribution in [0, 0.1) is 5.82 Å². The summed E-state index contributed by atoms with van der Waals surface area (Å²) >= 11 is 5.65. The molecule has 0 radical (unpaired) electrons. The SMILES string of the molecule is COc1ccc(C(=O)c2ccc(F)c(Cl)c2)cc1. The van der Waals surface area contributed by atoms with Crippen LogP contribution in [0.25, 0.3) is 0 Å². The Kier molecular flexibility index (Phi) is 3.63. The highest BCUT2D eigenvalue weighted by molar-refractivity contribution is 6.31. The van der Waals surface area contributed by atoms with Gasteiger partial charge in [-0.15, -0.1) is 0 Å². The zero-order valence-electron chi connectivity index (χ0n) is 9.61. The van der Waals surface area contributed by atoms with Crippen molar-refractivity contribution in [1.82, 2.24) is 0 Å². The Bertz CT molecular complexity index is 579. The van der Waals surface area contributed by atoms with Crippen LogP contribution in [0.3, 0.4) is 0 Å². The normalized spacial score (nSPS) is 10.2. The third kappa shape index (κ3) is 2.51. The molecule has 0 spiro atoms. The van der Waals surface area contributed by atoms with E-state index in [2.05, 4.69) is 0 Å². The maximum absolute atomic E-state index is 13.0. The second-order valence-corrected chi connectivity index (χ2v) is 4.09. The van der Waals surface area contributed by atoms with Crippen LogP contribution in [0.2, 0.25) is 5.02 Å². The predicted molar refractivity (Wildman–Crippen MR) is 67.8 cm³/mol. The number of hydrogen-bond acceptors (Lipinski definition) is 2. The van der Waals surface area contributed by atoms with Crippen molar-refractivity contribution < 1.29 is 13.9 Å². The van der Waals surface area contributed by atoms with Gasteiger partial charge in [-0.05, 0) is 42.5 Å². The van der Waals surface area contributed by atoms with Crippen LogP contribution in [-0.2, 0) is 0 Å². The fourth-order valence-electron chi connectivity index (χ4n) is 1.55. The minimum atomic E-state index is -0.539. The van der Waals surface area contributed by atoms with E-state index in [1.165, 1.54) is 18.2 Å². The molecule has 0 saturated carbocycles. The number of halogens is 2. The molecule has 92 valence electrons. The van der Waals surface area contributed by atoms with Crippen molar-refractivity contribution in [2.75, 3.05) is 7.11 Å². The minimum Gasteiger partial charge on any atom is -0.497 e. The summed E-state index contributed by atoms with van der Waals surface area (Å²) in [5.41, 5.74) is 0.852. The van der Waals surface area contributed by atoms with Crippen LogP contribution < -0.4 is 4.74 Å². The Labute approximate surface area is 109 Å². The summed E-state index contributed by atoms with van der Waals surface area (Å²) in [7, 11) is 1.55. The fraction of sp³-hybridized carbons (Fsp3) is 0.0714. The molecule has 0 bridgehead atoms. The molecule has 2 nitrogen and oxygen atoms in total. The first-order chi connectivity index (χ1) is 8.61. The average molecular weight is 265 g/mol. The number of hydrogen-bond donors (Lipinski definition) is 0. The lowest BCUT2D eigenvalue weighted by molar-refractivity contribution is 0.103. The van der Waals surface area contributed by atoms with E-state index in [1.54, 1.807) is 31.4 Å². The molecule has 0 aliphatic rings. The van der Waals surface area contributed by atoms with E-state index in [0.29, 0.717) is 16.9 Å². The van der Waals surface area contributed by atoms with E-state index in [1.807, 2.05) is 0 Å². The van der Waals surface area contributed by atoms with Crippen LogP contribution in [-0.4, -0.2) is 12.9 Å². The lowest BCUT2D eigenvalue weighted by atomic mass is 10.0. The molecule has 4 heteroatoms. The molecule has 0 unspecified atom stereocenters. The molecule has 0 heterocycles. The Balaban J connectivity index is 2.32. The van der Waals surface area contributed by atoms with Crippen LogP contribution in [0.5, 0.6) is 5.75 Å². The van der Waals surface area contributed by atoms with E-state index in [9.17, 15) is 9.18 Å². The van der Waals surface area contributed by atoms with Gasteiger partial charge in [0.05, 0.1) is 12.1 Å². The van der Waals surface area contributed by atoms with Crippen molar-refractivity contribution in [1.29, 1.82) is 0 Å². The third-order valence-electron chi connectivity index (χ3n) is 2.53. The summed E-state index contributed by atoms with van der Waals surface area (Å²) in [6, 6.07) is 10.6. The van der Waals surface area contributed by atoms with Gasteiger partial charge in [-0.25, -0.2) is 4.39 Å². The Hall–Kier alpha value is -1.87. The highest BCUT2D eigenvalue weighted by atomic mass is 35.5. The summed E-state index contributed by atoms with van der Waals surface area (Å²) in [6.07, 6.45) is 0. The molecular weight excluding hydrogens is 255 g/mol. The number of carbonyl (C=O) groups excluding carboxylic acids is 1. The fourth-order valence-corrected chi connectivity index (χ4v) is 1.73. The van der Waals surface area contributed by atoms with Crippen molar-refractivity contribution in [2.24, 2.45) is 0 Å². The average Bonchev–Trinajstić information content (AvgIpc) is 2.41. The van der Waals surface area contributed by atoms with Crippen molar-refractivity contribution in [3.63, 3.8) is 0 Å². The molecule has 0 atom stereocenters.